The zero-order chi connectivity index (χ0) is 15.0. The molecule has 1 heterocycles. The Morgan fingerprint density at radius 3 is 2.52 bits per heavy atom. The van der Waals surface area contributed by atoms with Crippen LogP contribution in [0.1, 0.15) is 15.9 Å². The fourth-order valence-electron chi connectivity index (χ4n) is 2.16. The van der Waals surface area contributed by atoms with E-state index in [0.29, 0.717) is 16.7 Å². The Bertz CT molecular complexity index is 895. The lowest BCUT2D eigenvalue weighted by atomic mass is 10.1. The maximum absolute atomic E-state index is 13.6. The van der Waals surface area contributed by atoms with E-state index in [4.69, 9.17) is 0 Å². The molecule has 0 fully saturated rings. The van der Waals surface area contributed by atoms with Crippen molar-refractivity contribution in [2.75, 3.05) is 5.32 Å². The Balaban J connectivity index is 1.98. The predicted molar refractivity (Wildman–Crippen MR) is 78.0 cm³/mol. The summed E-state index contributed by atoms with van der Waals surface area (Å²) in [6.07, 6.45) is 0. The third kappa shape index (κ3) is 2.43. The quantitative estimate of drug-likeness (QED) is 0.676. The summed E-state index contributed by atoms with van der Waals surface area (Å²) in [6.45, 7) is 1.79. The number of benzene rings is 2. The molecule has 0 aliphatic heterocycles. The highest BCUT2D eigenvalue weighted by Gasteiger charge is 2.13. The van der Waals surface area contributed by atoms with Gasteiger partial charge in [0.1, 0.15) is 5.82 Å². The molecule has 0 aliphatic rings. The molecular formula is C15H12FN3O2. The van der Waals surface area contributed by atoms with E-state index in [1.165, 1.54) is 18.2 Å². The minimum absolute atomic E-state index is 0.0282. The number of H-pyrrole nitrogens is 2. The van der Waals surface area contributed by atoms with Crippen molar-refractivity contribution in [3.8, 4) is 0 Å². The van der Waals surface area contributed by atoms with Gasteiger partial charge in [0, 0.05) is 5.69 Å². The van der Waals surface area contributed by atoms with E-state index >= 15 is 0 Å². The molecule has 0 aliphatic carbocycles. The van der Waals surface area contributed by atoms with Crippen molar-refractivity contribution >= 4 is 22.6 Å². The molecule has 106 valence electrons. The Kier molecular flexibility index (Phi) is 3.06. The number of amides is 1. The SMILES string of the molecule is Cc1cc2[nH]c(=O)[nH]c2cc1NC(=O)c1ccccc1F. The monoisotopic (exact) mass is 285 g/mol. The maximum Gasteiger partial charge on any atom is 0.323 e. The largest absolute Gasteiger partial charge is 0.323 e. The van der Waals surface area contributed by atoms with Crippen molar-refractivity contribution in [1.29, 1.82) is 0 Å². The molecule has 5 nitrogen and oxygen atoms in total. The number of hydrogen-bond donors (Lipinski definition) is 3. The smallest absolute Gasteiger partial charge is 0.322 e. The highest BCUT2D eigenvalue weighted by Crippen LogP contribution is 2.21. The summed E-state index contributed by atoms with van der Waals surface area (Å²) >= 11 is 0. The molecule has 0 atom stereocenters. The average Bonchev–Trinajstić information content (AvgIpc) is 2.78. The van der Waals surface area contributed by atoms with Crippen LogP contribution in [0, 0.1) is 12.7 Å². The van der Waals surface area contributed by atoms with E-state index in [1.54, 1.807) is 25.1 Å². The van der Waals surface area contributed by atoms with Gasteiger partial charge in [0.2, 0.25) is 0 Å². The zero-order valence-electron chi connectivity index (χ0n) is 11.2. The van der Waals surface area contributed by atoms with Crippen LogP contribution in [0.5, 0.6) is 0 Å². The summed E-state index contributed by atoms with van der Waals surface area (Å²) in [5, 5.41) is 2.65. The standard InChI is InChI=1S/C15H12FN3O2/c1-8-6-12-13(19-15(21)18-12)7-11(8)17-14(20)9-4-2-3-5-10(9)16/h2-7H,1H3,(H,17,20)(H2,18,19,21). The summed E-state index contributed by atoms with van der Waals surface area (Å²) in [7, 11) is 0. The van der Waals surface area contributed by atoms with Gasteiger partial charge in [-0.2, -0.15) is 0 Å². The zero-order valence-corrected chi connectivity index (χ0v) is 11.2. The Morgan fingerprint density at radius 1 is 1.14 bits per heavy atom. The van der Waals surface area contributed by atoms with Gasteiger partial charge in [-0.05, 0) is 36.8 Å². The highest BCUT2D eigenvalue weighted by atomic mass is 19.1. The van der Waals surface area contributed by atoms with Gasteiger partial charge in [-0.3, -0.25) is 4.79 Å². The Labute approximate surface area is 118 Å². The number of carbonyl (C=O) groups is 1. The second-order valence-electron chi connectivity index (χ2n) is 4.73. The van der Waals surface area contributed by atoms with E-state index < -0.39 is 11.7 Å². The number of aromatic amines is 2. The number of imidazole rings is 1. The molecule has 3 N–H and O–H groups in total. The van der Waals surface area contributed by atoms with Crippen LogP contribution in [0.2, 0.25) is 0 Å². The molecular weight excluding hydrogens is 273 g/mol. The van der Waals surface area contributed by atoms with E-state index in [0.717, 1.165) is 5.56 Å². The van der Waals surface area contributed by atoms with Crippen LogP contribution in [-0.4, -0.2) is 15.9 Å². The van der Waals surface area contributed by atoms with Gasteiger partial charge in [0.25, 0.3) is 5.91 Å². The first-order chi connectivity index (χ1) is 10.0. The van der Waals surface area contributed by atoms with Crippen molar-refractivity contribution in [2.24, 2.45) is 0 Å². The van der Waals surface area contributed by atoms with Crippen molar-refractivity contribution in [3.63, 3.8) is 0 Å². The third-order valence-corrected chi connectivity index (χ3v) is 3.23. The Morgan fingerprint density at radius 2 is 1.81 bits per heavy atom. The lowest BCUT2D eigenvalue weighted by molar-refractivity contribution is 0.102. The summed E-state index contributed by atoms with van der Waals surface area (Å²) in [5.74, 6) is -1.11. The molecule has 0 radical (unpaired) electrons. The number of anilines is 1. The van der Waals surface area contributed by atoms with Crippen molar-refractivity contribution in [1.82, 2.24) is 9.97 Å². The number of fused-ring (bicyclic) bond motifs is 1. The molecule has 0 unspecified atom stereocenters. The minimum Gasteiger partial charge on any atom is -0.322 e. The van der Waals surface area contributed by atoms with Gasteiger partial charge in [0.15, 0.2) is 0 Å². The molecule has 6 heteroatoms. The number of nitrogens with one attached hydrogen (secondary N) is 3. The first kappa shape index (κ1) is 13.1. The van der Waals surface area contributed by atoms with E-state index in [2.05, 4.69) is 15.3 Å². The molecule has 0 bridgehead atoms. The predicted octanol–water partition coefficient (Wildman–Crippen LogP) is 2.56. The molecule has 0 spiro atoms. The third-order valence-electron chi connectivity index (χ3n) is 3.23. The first-order valence-corrected chi connectivity index (χ1v) is 6.33. The summed E-state index contributed by atoms with van der Waals surface area (Å²) < 4.78 is 13.6. The number of carbonyl (C=O) groups excluding carboxylic acids is 1. The fourth-order valence-corrected chi connectivity index (χ4v) is 2.16. The average molecular weight is 285 g/mol. The number of aromatic nitrogens is 2. The van der Waals surface area contributed by atoms with Gasteiger partial charge in [-0.1, -0.05) is 12.1 Å². The maximum atomic E-state index is 13.6. The van der Waals surface area contributed by atoms with Crippen LogP contribution in [0.3, 0.4) is 0 Å². The van der Waals surface area contributed by atoms with Crippen molar-refractivity contribution in [3.05, 3.63) is 63.8 Å². The lowest BCUT2D eigenvalue weighted by Gasteiger charge is -2.09. The van der Waals surface area contributed by atoms with Crippen LogP contribution >= 0.6 is 0 Å². The lowest BCUT2D eigenvalue weighted by Crippen LogP contribution is -2.14. The topological polar surface area (TPSA) is 77.8 Å². The molecule has 3 aromatic rings. The molecule has 0 saturated carbocycles. The number of rotatable bonds is 2. The Hall–Kier alpha value is -2.89. The molecule has 1 amide bonds. The number of hydrogen-bond acceptors (Lipinski definition) is 2. The van der Waals surface area contributed by atoms with Gasteiger partial charge in [0.05, 0.1) is 16.6 Å². The van der Waals surface area contributed by atoms with Crippen LogP contribution in [0.15, 0.2) is 41.2 Å². The summed E-state index contributed by atoms with van der Waals surface area (Å²) in [5.41, 5.74) is 2.17. The summed E-state index contributed by atoms with van der Waals surface area (Å²) in [4.78, 5) is 28.6. The highest BCUT2D eigenvalue weighted by molar-refractivity contribution is 6.05. The van der Waals surface area contributed by atoms with Crippen molar-refractivity contribution in [2.45, 2.75) is 6.92 Å². The molecule has 21 heavy (non-hydrogen) atoms. The van der Waals surface area contributed by atoms with Gasteiger partial charge < -0.3 is 15.3 Å². The van der Waals surface area contributed by atoms with Crippen molar-refractivity contribution < 1.29 is 9.18 Å². The molecule has 1 aromatic heterocycles. The fraction of sp³-hybridized carbons (Fsp3) is 0.0667. The first-order valence-electron chi connectivity index (χ1n) is 6.33. The molecule has 0 saturated heterocycles. The molecule has 3 rings (SSSR count). The van der Waals surface area contributed by atoms with E-state index in [1.807, 2.05) is 0 Å². The van der Waals surface area contributed by atoms with Crippen LogP contribution < -0.4 is 11.0 Å². The number of aryl methyl sites for hydroxylation is 1. The second-order valence-corrected chi connectivity index (χ2v) is 4.73. The second kappa shape index (κ2) is 4.90. The molecule has 2 aromatic carbocycles. The number of halogens is 1. The summed E-state index contributed by atoms with van der Waals surface area (Å²) in [6, 6.07) is 9.14. The van der Waals surface area contributed by atoms with Gasteiger partial charge >= 0.3 is 5.69 Å². The minimum atomic E-state index is -0.580. The van der Waals surface area contributed by atoms with Crippen LogP contribution in [-0.2, 0) is 0 Å². The van der Waals surface area contributed by atoms with E-state index in [-0.39, 0.29) is 11.3 Å². The normalized spacial score (nSPS) is 10.8. The van der Waals surface area contributed by atoms with Gasteiger partial charge in [-0.25, -0.2) is 9.18 Å². The van der Waals surface area contributed by atoms with Gasteiger partial charge in [-0.15, -0.1) is 0 Å². The van der Waals surface area contributed by atoms with Crippen LogP contribution in [0.4, 0.5) is 10.1 Å². The van der Waals surface area contributed by atoms with Crippen LogP contribution in [0.25, 0.3) is 11.0 Å². The van der Waals surface area contributed by atoms with E-state index in [9.17, 15) is 14.0 Å².